The number of carbonyl (C=O) groups is 1. The zero-order valence-corrected chi connectivity index (χ0v) is 17.3. The van der Waals surface area contributed by atoms with Gasteiger partial charge in [-0.05, 0) is 83.8 Å². The summed E-state index contributed by atoms with van der Waals surface area (Å²) >= 11 is 0. The van der Waals surface area contributed by atoms with Crippen molar-refractivity contribution in [3.05, 3.63) is 29.8 Å². The molecule has 0 heterocycles. The topological polar surface area (TPSA) is 88.4 Å². The molecule has 0 saturated heterocycles. The second kappa shape index (κ2) is 13.5. The van der Waals surface area contributed by atoms with E-state index in [4.69, 9.17) is 10.5 Å². The number of anilines is 1. The van der Waals surface area contributed by atoms with Crippen molar-refractivity contribution in [2.24, 2.45) is 5.73 Å². The highest BCUT2D eigenvalue weighted by molar-refractivity contribution is 5.94. The summed E-state index contributed by atoms with van der Waals surface area (Å²) in [6.07, 6.45) is 5.34. The third kappa shape index (κ3) is 11.0. The van der Waals surface area contributed by atoms with E-state index in [1.807, 2.05) is 31.3 Å². The van der Waals surface area contributed by atoms with Crippen LogP contribution in [0.3, 0.4) is 0 Å². The number of nitrogens with two attached hydrogens (primary N) is 1. The first-order valence-electron chi connectivity index (χ1n) is 10.1. The molecule has 0 saturated carbocycles. The Bertz CT molecular complexity index is 517. The van der Waals surface area contributed by atoms with Gasteiger partial charge in [0.1, 0.15) is 0 Å². The summed E-state index contributed by atoms with van der Waals surface area (Å²) in [5, 5.41) is 9.60. The second-order valence-electron chi connectivity index (χ2n) is 7.46. The summed E-state index contributed by atoms with van der Waals surface area (Å²) in [4.78, 5) is 12.1. The van der Waals surface area contributed by atoms with Crippen LogP contribution in [0.4, 0.5) is 5.69 Å². The molecule has 0 atom stereocenters. The van der Waals surface area contributed by atoms with E-state index < -0.39 is 0 Å². The first-order chi connectivity index (χ1) is 13.0. The molecule has 0 unspecified atom stereocenters. The van der Waals surface area contributed by atoms with E-state index in [0.29, 0.717) is 18.7 Å². The lowest BCUT2D eigenvalue weighted by Crippen LogP contribution is -2.36. The van der Waals surface area contributed by atoms with Gasteiger partial charge >= 0.3 is 0 Å². The first kappa shape index (κ1) is 23.4. The SMILES string of the molecule is CNC(C)(C)CCCNc1ccc(C(=O)NCCOCCCCCN)cc1. The third-order valence-electron chi connectivity index (χ3n) is 4.66. The number of nitrogens with one attached hydrogen (secondary N) is 3. The van der Waals surface area contributed by atoms with Crippen LogP contribution in [0.1, 0.15) is 56.3 Å². The van der Waals surface area contributed by atoms with Crippen LogP contribution in [0, 0.1) is 0 Å². The first-order valence-corrected chi connectivity index (χ1v) is 10.1. The fourth-order valence-electron chi connectivity index (χ4n) is 2.59. The van der Waals surface area contributed by atoms with Gasteiger partial charge in [-0.15, -0.1) is 0 Å². The highest BCUT2D eigenvalue weighted by Gasteiger charge is 2.13. The minimum absolute atomic E-state index is 0.0657. The van der Waals surface area contributed by atoms with Gasteiger partial charge in [0.05, 0.1) is 6.61 Å². The predicted molar refractivity (Wildman–Crippen MR) is 113 cm³/mol. The lowest BCUT2D eigenvalue weighted by atomic mass is 9.99. The maximum absolute atomic E-state index is 12.1. The summed E-state index contributed by atoms with van der Waals surface area (Å²) in [5.41, 5.74) is 7.31. The molecule has 0 radical (unpaired) electrons. The molecule has 0 aliphatic heterocycles. The number of ether oxygens (including phenoxy) is 1. The molecular weight excluding hydrogens is 340 g/mol. The van der Waals surface area contributed by atoms with E-state index in [2.05, 4.69) is 29.8 Å². The Hall–Kier alpha value is -1.63. The Balaban J connectivity index is 2.18. The average Bonchev–Trinajstić information content (AvgIpc) is 2.67. The summed E-state index contributed by atoms with van der Waals surface area (Å²) in [5.74, 6) is -0.0657. The fraction of sp³-hybridized carbons (Fsp3) is 0.667. The standard InChI is InChI=1S/C21H38N4O2/c1-21(2,23-3)12-7-14-24-19-10-8-18(9-11-19)20(26)25-15-17-27-16-6-4-5-13-22/h8-11,23-24H,4-7,12-17,22H2,1-3H3,(H,25,26). The van der Waals surface area contributed by atoms with Crippen LogP contribution < -0.4 is 21.7 Å². The molecule has 0 aromatic heterocycles. The van der Waals surface area contributed by atoms with Crippen molar-refractivity contribution in [3.63, 3.8) is 0 Å². The van der Waals surface area contributed by atoms with Gasteiger partial charge in [0.25, 0.3) is 5.91 Å². The van der Waals surface area contributed by atoms with Crippen LogP contribution in [0.5, 0.6) is 0 Å². The lowest BCUT2D eigenvalue weighted by molar-refractivity contribution is 0.0912. The van der Waals surface area contributed by atoms with Crippen LogP contribution in [0.15, 0.2) is 24.3 Å². The summed E-state index contributed by atoms with van der Waals surface area (Å²) in [6.45, 7) is 7.84. The van der Waals surface area contributed by atoms with Crippen LogP contribution in [-0.4, -0.2) is 51.3 Å². The maximum Gasteiger partial charge on any atom is 0.251 e. The van der Waals surface area contributed by atoms with Crippen molar-refractivity contribution in [1.29, 1.82) is 0 Å². The van der Waals surface area contributed by atoms with Gasteiger partial charge in [-0.2, -0.15) is 0 Å². The van der Waals surface area contributed by atoms with Crippen molar-refractivity contribution in [1.82, 2.24) is 10.6 Å². The zero-order valence-electron chi connectivity index (χ0n) is 17.3. The number of benzene rings is 1. The Morgan fingerprint density at radius 2 is 1.78 bits per heavy atom. The molecular formula is C21H38N4O2. The number of hydrogen-bond acceptors (Lipinski definition) is 5. The molecule has 27 heavy (non-hydrogen) atoms. The van der Waals surface area contributed by atoms with Crippen molar-refractivity contribution in [2.45, 2.75) is 51.5 Å². The van der Waals surface area contributed by atoms with Gasteiger partial charge < -0.3 is 26.4 Å². The molecule has 1 rings (SSSR count). The monoisotopic (exact) mass is 378 g/mol. The Labute approximate surface area is 164 Å². The Morgan fingerprint density at radius 1 is 1.04 bits per heavy atom. The molecule has 5 N–H and O–H groups in total. The normalized spacial score (nSPS) is 11.4. The van der Waals surface area contributed by atoms with E-state index in [1.54, 1.807) is 0 Å². The third-order valence-corrected chi connectivity index (χ3v) is 4.66. The molecule has 0 bridgehead atoms. The minimum Gasteiger partial charge on any atom is -0.385 e. The zero-order chi connectivity index (χ0) is 20.0. The van der Waals surface area contributed by atoms with E-state index >= 15 is 0 Å². The minimum atomic E-state index is -0.0657. The van der Waals surface area contributed by atoms with Crippen molar-refractivity contribution >= 4 is 11.6 Å². The van der Waals surface area contributed by atoms with Crippen LogP contribution in [-0.2, 0) is 4.74 Å². The average molecular weight is 379 g/mol. The van der Waals surface area contributed by atoms with Gasteiger partial charge in [-0.25, -0.2) is 0 Å². The van der Waals surface area contributed by atoms with Crippen molar-refractivity contribution in [2.75, 3.05) is 45.2 Å². The van der Waals surface area contributed by atoms with Gasteiger partial charge in [0.15, 0.2) is 0 Å². The molecule has 1 aromatic rings. The number of unbranched alkanes of at least 4 members (excludes halogenated alkanes) is 2. The van der Waals surface area contributed by atoms with Gasteiger partial charge in [-0.3, -0.25) is 4.79 Å². The largest absolute Gasteiger partial charge is 0.385 e. The van der Waals surface area contributed by atoms with Crippen LogP contribution in [0.25, 0.3) is 0 Å². The number of carbonyl (C=O) groups excluding carboxylic acids is 1. The number of rotatable bonds is 15. The molecule has 154 valence electrons. The number of hydrogen-bond donors (Lipinski definition) is 4. The van der Waals surface area contributed by atoms with E-state index in [-0.39, 0.29) is 11.4 Å². The van der Waals surface area contributed by atoms with Crippen molar-refractivity contribution < 1.29 is 9.53 Å². The summed E-state index contributed by atoms with van der Waals surface area (Å²) < 4.78 is 5.50. The Morgan fingerprint density at radius 3 is 2.44 bits per heavy atom. The molecule has 0 spiro atoms. The second-order valence-corrected chi connectivity index (χ2v) is 7.46. The molecule has 1 aromatic carbocycles. The van der Waals surface area contributed by atoms with Gasteiger partial charge in [0, 0.05) is 36.5 Å². The van der Waals surface area contributed by atoms with Gasteiger partial charge in [0.2, 0.25) is 0 Å². The maximum atomic E-state index is 12.1. The van der Waals surface area contributed by atoms with Crippen molar-refractivity contribution in [3.8, 4) is 0 Å². The van der Waals surface area contributed by atoms with Crippen LogP contribution >= 0.6 is 0 Å². The fourth-order valence-corrected chi connectivity index (χ4v) is 2.59. The molecule has 6 heteroatoms. The quantitative estimate of drug-likeness (QED) is 0.353. The van der Waals surface area contributed by atoms with E-state index in [0.717, 1.165) is 57.5 Å². The molecule has 0 fully saturated rings. The molecule has 0 aliphatic rings. The highest BCUT2D eigenvalue weighted by Crippen LogP contribution is 2.12. The van der Waals surface area contributed by atoms with Crippen LogP contribution in [0.2, 0.25) is 0 Å². The van der Waals surface area contributed by atoms with E-state index in [1.165, 1.54) is 0 Å². The van der Waals surface area contributed by atoms with Gasteiger partial charge in [-0.1, -0.05) is 0 Å². The number of amides is 1. The lowest BCUT2D eigenvalue weighted by Gasteiger charge is -2.23. The van der Waals surface area contributed by atoms with E-state index in [9.17, 15) is 4.79 Å². The molecule has 6 nitrogen and oxygen atoms in total. The summed E-state index contributed by atoms with van der Waals surface area (Å²) in [6, 6.07) is 7.60. The predicted octanol–water partition coefficient (Wildman–Crippen LogP) is 2.75. The molecule has 0 aliphatic carbocycles. The molecule has 1 amide bonds. The highest BCUT2D eigenvalue weighted by atomic mass is 16.5. The summed E-state index contributed by atoms with van der Waals surface area (Å²) in [7, 11) is 1.99. The Kier molecular flexibility index (Phi) is 11.7. The smallest absolute Gasteiger partial charge is 0.251 e.